The molecule has 0 fully saturated rings. The van der Waals surface area contributed by atoms with E-state index in [2.05, 4.69) is 17.3 Å². The zero-order valence-electron chi connectivity index (χ0n) is 12.0. The molecule has 0 atom stereocenters. The first kappa shape index (κ1) is 14.9. The Kier molecular flexibility index (Phi) is 5.64. The molecule has 110 valence electrons. The number of rotatable bonds is 7. The highest BCUT2D eigenvalue weighted by atomic mass is 16.5. The number of hydrogen-bond donors (Lipinski definition) is 1. The minimum Gasteiger partial charge on any atom is -0.493 e. The molecule has 0 saturated carbocycles. The van der Waals surface area contributed by atoms with Crippen LogP contribution in [0, 0.1) is 0 Å². The van der Waals surface area contributed by atoms with Crippen LogP contribution < -0.4 is 9.47 Å². The third kappa shape index (κ3) is 4.53. The van der Waals surface area contributed by atoms with Crippen molar-refractivity contribution in [3.8, 4) is 11.5 Å². The number of aryl methyl sites for hydroxylation is 1. The summed E-state index contributed by atoms with van der Waals surface area (Å²) in [7, 11) is 1.60. The van der Waals surface area contributed by atoms with Crippen molar-refractivity contribution in [1.82, 2.24) is 0 Å². The molecule has 0 unspecified atom stereocenters. The molecular weight excluding hydrogens is 266 g/mol. The van der Waals surface area contributed by atoms with Crippen LogP contribution in [0.4, 0.5) is 0 Å². The first-order valence-electron chi connectivity index (χ1n) is 6.85. The molecule has 0 aliphatic rings. The highest BCUT2D eigenvalue weighted by molar-refractivity contribution is 5.80. The van der Waals surface area contributed by atoms with Crippen LogP contribution in [0.1, 0.15) is 17.5 Å². The summed E-state index contributed by atoms with van der Waals surface area (Å²) in [6.07, 6.45) is 3.25. The second-order valence-corrected chi connectivity index (χ2v) is 4.59. The molecule has 0 aliphatic heterocycles. The third-order valence-electron chi connectivity index (χ3n) is 3.10. The lowest BCUT2D eigenvalue weighted by Crippen LogP contribution is -2.01. The number of hydrogen-bond acceptors (Lipinski definition) is 4. The summed E-state index contributed by atoms with van der Waals surface area (Å²) in [5.41, 5.74) is 2.06. The molecule has 1 N–H and O–H groups in total. The topological polar surface area (TPSA) is 51.0 Å². The van der Waals surface area contributed by atoms with Crippen LogP contribution in [-0.4, -0.2) is 25.1 Å². The van der Waals surface area contributed by atoms with Gasteiger partial charge in [-0.25, -0.2) is 0 Å². The lowest BCUT2D eigenvalue weighted by atomic mass is 10.1. The van der Waals surface area contributed by atoms with E-state index in [9.17, 15) is 0 Å². The fraction of sp³-hybridized carbons (Fsp3) is 0.235. The minimum absolute atomic E-state index is 0.602. The van der Waals surface area contributed by atoms with Gasteiger partial charge < -0.3 is 14.7 Å². The SMILES string of the molecule is COc1ccc(/C=N/O)cc1OCCCc1ccccc1. The maximum absolute atomic E-state index is 8.57. The second-order valence-electron chi connectivity index (χ2n) is 4.59. The Morgan fingerprint density at radius 3 is 2.62 bits per heavy atom. The van der Waals surface area contributed by atoms with Gasteiger partial charge in [0.25, 0.3) is 0 Å². The van der Waals surface area contributed by atoms with Crippen molar-refractivity contribution in [2.24, 2.45) is 5.16 Å². The van der Waals surface area contributed by atoms with Gasteiger partial charge in [0.05, 0.1) is 19.9 Å². The number of benzene rings is 2. The van der Waals surface area contributed by atoms with E-state index < -0.39 is 0 Å². The van der Waals surface area contributed by atoms with Crippen molar-refractivity contribution in [2.45, 2.75) is 12.8 Å². The Labute approximate surface area is 124 Å². The first-order valence-corrected chi connectivity index (χ1v) is 6.85. The van der Waals surface area contributed by atoms with E-state index in [1.165, 1.54) is 11.8 Å². The lowest BCUT2D eigenvalue weighted by molar-refractivity contribution is 0.289. The van der Waals surface area contributed by atoms with Gasteiger partial charge in [0, 0.05) is 5.56 Å². The summed E-state index contributed by atoms with van der Waals surface area (Å²) < 4.78 is 11.0. The van der Waals surface area contributed by atoms with Gasteiger partial charge in [-0.1, -0.05) is 35.5 Å². The number of methoxy groups -OCH3 is 1. The summed E-state index contributed by atoms with van der Waals surface area (Å²) in [5, 5.41) is 11.6. The fourth-order valence-corrected chi connectivity index (χ4v) is 2.06. The Morgan fingerprint density at radius 2 is 1.90 bits per heavy atom. The van der Waals surface area contributed by atoms with Gasteiger partial charge in [0.1, 0.15) is 0 Å². The first-order chi connectivity index (χ1) is 10.3. The van der Waals surface area contributed by atoms with Crippen LogP contribution in [-0.2, 0) is 6.42 Å². The van der Waals surface area contributed by atoms with E-state index in [0.717, 1.165) is 18.4 Å². The molecule has 21 heavy (non-hydrogen) atoms. The summed E-state index contributed by atoms with van der Waals surface area (Å²) in [6.45, 7) is 0.602. The van der Waals surface area contributed by atoms with Gasteiger partial charge in [-0.2, -0.15) is 0 Å². The van der Waals surface area contributed by atoms with Crippen LogP contribution in [0.3, 0.4) is 0 Å². The number of ether oxygens (including phenoxy) is 2. The smallest absolute Gasteiger partial charge is 0.161 e. The van der Waals surface area contributed by atoms with Crippen molar-refractivity contribution in [1.29, 1.82) is 0 Å². The molecule has 4 heteroatoms. The van der Waals surface area contributed by atoms with E-state index in [4.69, 9.17) is 14.7 Å². The Morgan fingerprint density at radius 1 is 1.10 bits per heavy atom. The van der Waals surface area contributed by atoms with Gasteiger partial charge in [-0.05, 0) is 36.6 Å². The highest BCUT2D eigenvalue weighted by Gasteiger charge is 2.05. The average Bonchev–Trinajstić information content (AvgIpc) is 2.53. The number of nitrogens with zero attached hydrogens (tertiary/aromatic N) is 1. The van der Waals surface area contributed by atoms with Crippen LogP contribution in [0.15, 0.2) is 53.7 Å². The minimum atomic E-state index is 0.602. The largest absolute Gasteiger partial charge is 0.493 e. The fourth-order valence-electron chi connectivity index (χ4n) is 2.06. The molecule has 2 aromatic carbocycles. The van der Waals surface area contributed by atoms with Gasteiger partial charge in [-0.15, -0.1) is 0 Å². The molecule has 0 aliphatic carbocycles. The Bertz CT molecular complexity index is 582. The highest BCUT2D eigenvalue weighted by Crippen LogP contribution is 2.27. The maximum atomic E-state index is 8.57. The third-order valence-corrected chi connectivity index (χ3v) is 3.10. The zero-order valence-corrected chi connectivity index (χ0v) is 12.0. The summed E-state index contributed by atoms with van der Waals surface area (Å²) in [4.78, 5) is 0. The van der Waals surface area contributed by atoms with E-state index in [1.807, 2.05) is 18.2 Å². The van der Waals surface area contributed by atoms with Crippen LogP contribution >= 0.6 is 0 Å². The summed E-state index contributed by atoms with van der Waals surface area (Å²) >= 11 is 0. The standard InChI is InChI=1S/C17H19NO3/c1-20-16-10-9-15(13-18-19)12-17(16)21-11-5-8-14-6-3-2-4-7-14/h2-4,6-7,9-10,12-13,19H,5,8,11H2,1H3/b18-13+. The molecule has 0 radical (unpaired) electrons. The van der Waals surface area contributed by atoms with Crippen molar-refractivity contribution >= 4 is 6.21 Å². The second kappa shape index (κ2) is 7.94. The lowest BCUT2D eigenvalue weighted by Gasteiger charge is -2.11. The summed E-state index contributed by atoms with van der Waals surface area (Å²) in [6, 6.07) is 15.7. The quantitative estimate of drug-likeness (QED) is 0.366. The van der Waals surface area contributed by atoms with Gasteiger partial charge >= 0.3 is 0 Å². The van der Waals surface area contributed by atoms with Crippen LogP contribution in [0.25, 0.3) is 0 Å². The molecule has 0 bridgehead atoms. The molecule has 0 heterocycles. The van der Waals surface area contributed by atoms with Crippen molar-refractivity contribution in [3.05, 3.63) is 59.7 Å². The molecule has 0 saturated heterocycles. The van der Waals surface area contributed by atoms with Crippen LogP contribution in [0.2, 0.25) is 0 Å². The predicted molar refractivity (Wildman–Crippen MR) is 82.6 cm³/mol. The number of oxime groups is 1. The normalized spacial score (nSPS) is 10.7. The zero-order chi connectivity index (χ0) is 14.9. The van der Waals surface area contributed by atoms with Gasteiger partial charge in [0.2, 0.25) is 0 Å². The van der Waals surface area contributed by atoms with Gasteiger partial charge in [0.15, 0.2) is 11.5 Å². The molecule has 4 nitrogen and oxygen atoms in total. The van der Waals surface area contributed by atoms with E-state index in [0.29, 0.717) is 18.1 Å². The molecule has 0 aromatic heterocycles. The maximum Gasteiger partial charge on any atom is 0.161 e. The Hall–Kier alpha value is -2.49. The molecule has 2 rings (SSSR count). The van der Waals surface area contributed by atoms with Gasteiger partial charge in [-0.3, -0.25) is 0 Å². The van der Waals surface area contributed by atoms with Crippen molar-refractivity contribution < 1.29 is 14.7 Å². The average molecular weight is 285 g/mol. The summed E-state index contributed by atoms with van der Waals surface area (Å²) in [5.74, 6) is 1.33. The Balaban J connectivity index is 1.91. The van der Waals surface area contributed by atoms with E-state index in [-0.39, 0.29) is 0 Å². The van der Waals surface area contributed by atoms with E-state index >= 15 is 0 Å². The van der Waals surface area contributed by atoms with E-state index in [1.54, 1.807) is 25.3 Å². The van der Waals surface area contributed by atoms with Crippen molar-refractivity contribution in [2.75, 3.05) is 13.7 Å². The molecular formula is C17H19NO3. The molecule has 2 aromatic rings. The molecule has 0 amide bonds. The van der Waals surface area contributed by atoms with Crippen LogP contribution in [0.5, 0.6) is 11.5 Å². The predicted octanol–water partition coefficient (Wildman–Crippen LogP) is 3.51. The monoisotopic (exact) mass is 285 g/mol. The molecule has 0 spiro atoms. The van der Waals surface area contributed by atoms with Crippen molar-refractivity contribution in [3.63, 3.8) is 0 Å².